The Balaban J connectivity index is 1.77. The van der Waals surface area contributed by atoms with E-state index in [-0.39, 0.29) is 5.91 Å². The van der Waals surface area contributed by atoms with E-state index in [0.717, 1.165) is 17.0 Å². The molecule has 6 heteroatoms. The molecule has 0 saturated heterocycles. The lowest BCUT2D eigenvalue weighted by Gasteiger charge is -2.24. The summed E-state index contributed by atoms with van der Waals surface area (Å²) in [6.45, 7) is 7.68. The average Bonchev–Trinajstić information content (AvgIpc) is 2.94. The summed E-state index contributed by atoms with van der Waals surface area (Å²) in [6, 6.07) is 13.0. The molecule has 0 unspecified atom stereocenters. The highest BCUT2D eigenvalue weighted by molar-refractivity contribution is 6.30. The fourth-order valence-corrected chi connectivity index (χ4v) is 2.86. The Hall–Kier alpha value is -2.66. The van der Waals surface area contributed by atoms with Crippen molar-refractivity contribution in [3.8, 4) is 5.82 Å². The number of anilines is 1. The molecule has 0 aliphatic heterocycles. The molecule has 134 valence electrons. The first-order chi connectivity index (χ1) is 12.3. The van der Waals surface area contributed by atoms with Gasteiger partial charge in [-0.25, -0.2) is 9.67 Å². The molecule has 0 aliphatic rings. The van der Waals surface area contributed by atoms with Gasteiger partial charge in [-0.05, 0) is 63.6 Å². The van der Waals surface area contributed by atoms with E-state index in [9.17, 15) is 4.79 Å². The molecule has 0 bridgehead atoms. The second-order valence-electron chi connectivity index (χ2n) is 6.83. The Morgan fingerprint density at radius 2 is 1.81 bits per heavy atom. The SMILES string of the molecule is Cc1cc(C)n(-c2ccc(NC(=O)C(C)(C)c3ccc(Cl)cc3)cn2)n1. The van der Waals surface area contributed by atoms with Gasteiger partial charge in [0, 0.05) is 10.7 Å². The maximum Gasteiger partial charge on any atom is 0.234 e. The highest BCUT2D eigenvalue weighted by Gasteiger charge is 2.29. The predicted molar refractivity (Wildman–Crippen MR) is 104 cm³/mol. The van der Waals surface area contributed by atoms with Gasteiger partial charge in [-0.1, -0.05) is 23.7 Å². The molecule has 0 aliphatic carbocycles. The van der Waals surface area contributed by atoms with Crippen molar-refractivity contribution in [3.63, 3.8) is 0 Å². The summed E-state index contributed by atoms with van der Waals surface area (Å²) >= 11 is 5.93. The van der Waals surface area contributed by atoms with Gasteiger partial charge in [0.15, 0.2) is 5.82 Å². The van der Waals surface area contributed by atoms with Crippen molar-refractivity contribution >= 4 is 23.2 Å². The van der Waals surface area contributed by atoms with E-state index in [0.29, 0.717) is 16.5 Å². The molecule has 2 aromatic heterocycles. The maximum atomic E-state index is 12.7. The van der Waals surface area contributed by atoms with Crippen molar-refractivity contribution in [2.75, 3.05) is 5.32 Å². The van der Waals surface area contributed by atoms with Gasteiger partial charge in [0.05, 0.1) is 23.0 Å². The van der Waals surface area contributed by atoms with E-state index in [1.165, 1.54) is 0 Å². The molecule has 2 heterocycles. The third kappa shape index (κ3) is 3.63. The molecule has 1 N–H and O–H groups in total. The van der Waals surface area contributed by atoms with Crippen molar-refractivity contribution in [2.24, 2.45) is 0 Å². The largest absolute Gasteiger partial charge is 0.324 e. The van der Waals surface area contributed by atoms with Crippen molar-refractivity contribution in [1.29, 1.82) is 0 Å². The standard InChI is InChI=1S/C20H21ClN4O/c1-13-11-14(2)25(24-13)18-10-9-17(12-22-18)23-19(26)20(3,4)15-5-7-16(21)8-6-15/h5-12H,1-4H3,(H,23,26). The fraction of sp³-hybridized carbons (Fsp3) is 0.250. The number of carbonyl (C=O) groups excluding carboxylic acids is 1. The summed E-state index contributed by atoms with van der Waals surface area (Å²) in [5, 5.41) is 7.99. The van der Waals surface area contributed by atoms with Gasteiger partial charge in [0.2, 0.25) is 5.91 Å². The van der Waals surface area contributed by atoms with Crippen LogP contribution in [0.3, 0.4) is 0 Å². The van der Waals surface area contributed by atoms with Gasteiger partial charge in [-0.2, -0.15) is 5.10 Å². The van der Waals surface area contributed by atoms with E-state index in [4.69, 9.17) is 11.6 Å². The number of nitrogens with zero attached hydrogens (tertiary/aromatic N) is 3. The Morgan fingerprint density at radius 3 is 2.35 bits per heavy atom. The third-order valence-electron chi connectivity index (χ3n) is 4.37. The van der Waals surface area contributed by atoms with Crippen LogP contribution in [0.4, 0.5) is 5.69 Å². The first kappa shape index (κ1) is 18.1. The molecular weight excluding hydrogens is 348 g/mol. The van der Waals surface area contributed by atoms with Crippen LogP contribution in [-0.2, 0) is 10.2 Å². The third-order valence-corrected chi connectivity index (χ3v) is 4.62. The normalized spacial score (nSPS) is 11.4. The minimum atomic E-state index is -0.695. The minimum Gasteiger partial charge on any atom is -0.324 e. The number of aryl methyl sites for hydroxylation is 2. The van der Waals surface area contributed by atoms with Crippen LogP contribution in [-0.4, -0.2) is 20.7 Å². The minimum absolute atomic E-state index is 0.111. The molecule has 1 aromatic carbocycles. The van der Waals surface area contributed by atoms with Crippen molar-refractivity contribution < 1.29 is 4.79 Å². The Labute approximate surface area is 158 Å². The highest BCUT2D eigenvalue weighted by atomic mass is 35.5. The Kier molecular flexibility index (Phi) is 4.83. The molecule has 3 rings (SSSR count). The average molecular weight is 369 g/mol. The Morgan fingerprint density at radius 1 is 1.12 bits per heavy atom. The molecule has 0 atom stereocenters. The summed E-state index contributed by atoms with van der Waals surface area (Å²) in [5.74, 6) is 0.603. The Bertz CT molecular complexity index is 927. The predicted octanol–water partition coefficient (Wildman–Crippen LogP) is 4.45. The van der Waals surface area contributed by atoms with E-state index in [1.807, 2.05) is 58.0 Å². The highest BCUT2D eigenvalue weighted by Crippen LogP contribution is 2.26. The van der Waals surface area contributed by atoms with Crippen molar-refractivity contribution in [1.82, 2.24) is 14.8 Å². The second kappa shape index (κ2) is 6.92. The van der Waals surface area contributed by atoms with Crippen LogP contribution in [0.15, 0.2) is 48.7 Å². The van der Waals surface area contributed by atoms with Crippen LogP contribution < -0.4 is 5.32 Å². The molecule has 26 heavy (non-hydrogen) atoms. The number of aromatic nitrogens is 3. The van der Waals surface area contributed by atoms with E-state index in [2.05, 4.69) is 15.4 Å². The van der Waals surface area contributed by atoms with E-state index < -0.39 is 5.41 Å². The molecule has 0 saturated carbocycles. The van der Waals surface area contributed by atoms with E-state index >= 15 is 0 Å². The topological polar surface area (TPSA) is 59.8 Å². The number of carbonyl (C=O) groups is 1. The van der Waals surface area contributed by atoms with Crippen molar-refractivity contribution in [3.05, 3.63) is 70.6 Å². The molecule has 0 spiro atoms. The molecule has 0 fully saturated rings. The molecule has 1 amide bonds. The second-order valence-corrected chi connectivity index (χ2v) is 7.27. The van der Waals surface area contributed by atoms with Gasteiger partial charge in [-0.15, -0.1) is 0 Å². The number of benzene rings is 1. The zero-order valence-electron chi connectivity index (χ0n) is 15.2. The maximum absolute atomic E-state index is 12.7. The van der Waals surface area contributed by atoms with Crippen LogP contribution in [0.2, 0.25) is 5.02 Å². The van der Waals surface area contributed by atoms with Crippen LogP contribution >= 0.6 is 11.6 Å². The van der Waals surface area contributed by atoms with Gasteiger partial charge < -0.3 is 5.32 Å². The quantitative estimate of drug-likeness (QED) is 0.739. The van der Waals surface area contributed by atoms with Crippen molar-refractivity contribution in [2.45, 2.75) is 33.1 Å². The summed E-state index contributed by atoms with van der Waals surface area (Å²) in [6.07, 6.45) is 1.64. The lowest BCUT2D eigenvalue weighted by atomic mass is 9.83. The van der Waals surface area contributed by atoms with Gasteiger partial charge in [0.25, 0.3) is 0 Å². The number of pyridine rings is 1. The first-order valence-electron chi connectivity index (χ1n) is 8.34. The zero-order chi connectivity index (χ0) is 18.9. The van der Waals surface area contributed by atoms with Crippen LogP contribution in [0, 0.1) is 13.8 Å². The van der Waals surface area contributed by atoms with Gasteiger partial charge >= 0.3 is 0 Å². The molecule has 0 radical (unpaired) electrons. The molecule has 3 aromatic rings. The summed E-state index contributed by atoms with van der Waals surface area (Å²) in [5.41, 5.74) is 2.79. The fourth-order valence-electron chi connectivity index (χ4n) is 2.73. The van der Waals surface area contributed by atoms with Crippen LogP contribution in [0.25, 0.3) is 5.82 Å². The summed E-state index contributed by atoms with van der Waals surface area (Å²) in [4.78, 5) is 17.2. The molecular formula is C20H21ClN4O. The summed E-state index contributed by atoms with van der Waals surface area (Å²) in [7, 11) is 0. The zero-order valence-corrected chi connectivity index (χ0v) is 16.0. The molecule has 5 nitrogen and oxygen atoms in total. The summed E-state index contributed by atoms with van der Waals surface area (Å²) < 4.78 is 1.78. The number of nitrogens with one attached hydrogen (secondary N) is 1. The van der Waals surface area contributed by atoms with Gasteiger partial charge in [0.1, 0.15) is 0 Å². The van der Waals surface area contributed by atoms with E-state index in [1.54, 1.807) is 23.0 Å². The lowest BCUT2D eigenvalue weighted by Crippen LogP contribution is -2.34. The number of rotatable bonds is 4. The lowest BCUT2D eigenvalue weighted by molar-refractivity contribution is -0.120. The number of amides is 1. The van der Waals surface area contributed by atoms with Gasteiger partial charge in [-0.3, -0.25) is 4.79 Å². The monoisotopic (exact) mass is 368 g/mol. The smallest absolute Gasteiger partial charge is 0.234 e. The first-order valence-corrected chi connectivity index (χ1v) is 8.72. The number of hydrogen-bond donors (Lipinski definition) is 1. The number of hydrogen-bond acceptors (Lipinski definition) is 3. The van der Waals surface area contributed by atoms with Crippen LogP contribution in [0.5, 0.6) is 0 Å². The van der Waals surface area contributed by atoms with Crippen LogP contribution in [0.1, 0.15) is 30.8 Å². The number of halogens is 1.